The fraction of sp³-hybridized carbons (Fsp3) is 0.812. The first-order chi connectivity index (χ1) is 26.8. The molecule has 3 heterocycles. The number of rotatable bonds is 13. The van der Waals surface area contributed by atoms with Crippen molar-refractivity contribution in [1.82, 2.24) is 14.7 Å². The van der Waals surface area contributed by atoms with E-state index in [0.29, 0.717) is 19.3 Å². The van der Waals surface area contributed by atoms with Gasteiger partial charge in [0.15, 0.2) is 0 Å². The quantitative estimate of drug-likeness (QED) is 0.184. The molecule has 4 rings (SSSR count). The van der Waals surface area contributed by atoms with Crippen LogP contribution in [0.1, 0.15) is 182 Å². The van der Waals surface area contributed by atoms with Crippen molar-refractivity contribution in [3.05, 3.63) is 30.3 Å². The standard InChI is InChI=1S/C48H83N3O6Si/c1-19-43(13)30-40(33(7)46(16,22-4)49(43)36(10)52)55-58(39-28-26-25-27-29-39,56-41-31-44(14,20-2)50(37(11)53)47(17,23-5)34(41)8)57-42-32-45(15,21-3)51(38(12)54)48(18,24-6)35(42)9/h25-29,33-35,40-42H,19-24,30-32H2,1-18H3. The lowest BCUT2D eigenvalue weighted by molar-refractivity contribution is -0.186. The summed E-state index contributed by atoms with van der Waals surface area (Å²) in [6, 6.07) is 10.4. The number of carbonyl (C=O) groups excluding carboxylic acids is 3. The zero-order chi connectivity index (χ0) is 44.0. The number of piperidine rings is 3. The van der Waals surface area contributed by atoms with E-state index in [-0.39, 0.29) is 53.8 Å². The van der Waals surface area contributed by atoms with Gasteiger partial charge in [0.05, 0.1) is 18.3 Å². The zero-order valence-corrected chi connectivity index (χ0v) is 41.0. The van der Waals surface area contributed by atoms with E-state index in [4.69, 9.17) is 13.3 Å². The number of hydrogen-bond donors (Lipinski definition) is 0. The molecule has 3 amide bonds. The van der Waals surface area contributed by atoms with Gasteiger partial charge in [-0.15, -0.1) is 0 Å². The molecule has 3 aliphatic rings. The molecule has 3 saturated heterocycles. The van der Waals surface area contributed by atoms with Gasteiger partial charge in [0.1, 0.15) is 0 Å². The molecule has 330 valence electrons. The van der Waals surface area contributed by atoms with Gasteiger partial charge in [-0.3, -0.25) is 14.4 Å². The van der Waals surface area contributed by atoms with Crippen molar-refractivity contribution >= 4 is 31.7 Å². The summed E-state index contributed by atoms with van der Waals surface area (Å²) in [6.45, 7) is 38.3. The lowest BCUT2D eigenvalue weighted by Gasteiger charge is -2.63. The van der Waals surface area contributed by atoms with Crippen LogP contribution in [0.25, 0.3) is 0 Å². The predicted molar refractivity (Wildman–Crippen MR) is 238 cm³/mol. The van der Waals surface area contributed by atoms with E-state index in [1.165, 1.54) is 0 Å². The Labute approximate surface area is 355 Å². The second-order valence-corrected chi connectivity index (χ2v) is 22.5. The lowest BCUT2D eigenvalue weighted by atomic mass is 9.68. The van der Waals surface area contributed by atoms with E-state index in [1.54, 1.807) is 20.8 Å². The highest BCUT2D eigenvalue weighted by atomic mass is 28.4. The summed E-state index contributed by atoms with van der Waals surface area (Å²) in [5.74, 6) is 0.144. The third-order valence-corrected chi connectivity index (χ3v) is 20.0. The van der Waals surface area contributed by atoms with Gasteiger partial charge in [-0.05, 0) is 99.3 Å². The highest BCUT2D eigenvalue weighted by Gasteiger charge is 2.63. The number of nitrogens with zero attached hydrogens (tertiary/aromatic N) is 3. The van der Waals surface area contributed by atoms with E-state index in [1.807, 2.05) is 6.07 Å². The third-order valence-electron chi connectivity index (χ3n) is 17.1. The van der Waals surface area contributed by atoms with Crippen LogP contribution in [0, 0.1) is 17.8 Å². The van der Waals surface area contributed by atoms with Gasteiger partial charge in [0, 0.05) is 76.9 Å². The maximum atomic E-state index is 13.6. The molecule has 9 nitrogen and oxygen atoms in total. The first-order valence-electron chi connectivity index (χ1n) is 22.9. The summed E-state index contributed by atoms with van der Waals surface area (Å²) in [4.78, 5) is 47.2. The number of carbonyl (C=O) groups is 3. The Balaban J connectivity index is 2.04. The summed E-state index contributed by atoms with van der Waals surface area (Å²) in [5.41, 5.74) is -2.77. The maximum Gasteiger partial charge on any atom is 0.537 e. The van der Waals surface area contributed by atoms with Gasteiger partial charge < -0.3 is 28.0 Å². The van der Waals surface area contributed by atoms with E-state index in [2.05, 4.69) is 143 Å². The number of amides is 3. The molecule has 12 unspecified atom stereocenters. The molecular weight excluding hydrogens is 743 g/mol. The number of hydrogen-bond acceptors (Lipinski definition) is 6. The molecule has 12 atom stereocenters. The van der Waals surface area contributed by atoms with E-state index >= 15 is 0 Å². The Morgan fingerprint density at radius 1 is 0.517 bits per heavy atom. The second kappa shape index (κ2) is 17.2. The maximum absolute atomic E-state index is 13.6. The smallest absolute Gasteiger partial charge is 0.366 e. The fourth-order valence-corrected chi connectivity index (χ4v) is 15.5. The minimum absolute atomic E-state index is 0.0404. The van der Waals surface area contributed by atoms with Crippen molar-refractivity contribution in [2.45, 2.75) is 234 Å². The highest BCUT2D eigenvalue weighted by Crippen LogP contribution is 2.52. The first-order valence-corrected chi connectivity index (χ1v) is 24.6. The van der Waals surface area contributed by atoms with Crippen LogP contribution in [0.4, 0.5) is 0 Å². The van der Waals surface area contributed by atoms with Gasteiger partial charge in [-0.1, -0.05) is 92.6 Å². The average Bonchev–Trinajstić information content (AvgIpc) is 3.17. The Kier molecular flexibility index (Phi) is 14.4. The SMILES string of the molecule is CCC1(C)CC(O[Si](OC2CC(C)(CC)N(C(C)=O)C(C)(CC)C2C)(OC2CC(C)(CC)N(C(C)=O)C(C)(CC)C2C)c2ccccc2)C(C)C(C)(CC)N1C(C)=O. The van der Waals surface area contributed by atoms with Crippen molar-refractivity contribution < 1.29 is 27.7 Å². The summed E-state index contributed by atoms with van der Waals surface area (Å²) in [5, 5.41) is 0.919. The van der Waals surface area contributed by atoms with Gasteiger partial charge in [0.2, 0.25) is 17.7 Å². The van der Waals surface area contributed by atoms with E-state index < -0.39 is 42.0 Å². The van der Waals surface area contributed by atoms with Crippen LogP contribution in [-0.4, -0.2) is 92.8 Å². The number of benzene rings is 1. The molecule has 3 fully saturated rings. The Morgan fingerprint density at radius 2 is 0.776 bits per heavy atom. The van der Waals surface area contributed by atoms with Crippen LogP contribution >= 0.6 is 0 Å². The Hall–Kier alpha value is -2.27. The van der Waals surface area contributed by atoms with Gasteiger partial charge >= 0.3 is 8.80 Å². The largest absolute Gasteiger partial charge is 0.537 e. The van der Waals surface area contributed by atoms with Crippen molar-refractivity contribution in [2.75, 3.05) is 0 Å². The van der Waals surface area contributed by atoms with E-state index in [0.717, 1.165) is 43.7 Å². The van der Waals surface area contributed by atoms with Crippen molar-refractivity contribution in [1.29, 1.82) is 0 Å². The lowest BCUT2D eigenvalue weighted by Crippen LogP contribution is -2.75. The summed E-state index contributed by atoms with van der Waals surface area (Å²) < 4.78 is 23.9. The normalized spacial score (nSPS) is 40.6. The second-order valence-electron chi connectivity index (χ2n) is 20.1. The van der Waals surface area contributed by atoms with Gasteiger partial charge in [-0.25, -0.2) is 0 Å². The Morgan fingerprint density at radius 3 is 0.983 bits per heavy atom. The van der Waals surface area contributed by atoms with Crippen molar-refractivity contribution in [2.24, 2.45) is 17.8 Å². The molecule has 1 aromatic carbocycles. The molecule has 1 aromatic rings. The topological polar surface area (TPSA) is 88.6 Å². The summed E-state index contributed by atoms with van der Waals surface area (Å²) in [6.07, 6.45) is 5.74. The van der Waals surface area contributed by atoms with Crippen molar-refractivity contribution in [3.63, 3.8) is 0 Å². The van der Waals surface area contributed by atoms with Crippen LogP contribution in [0.15, 0.2) is 30.3 Å². The molecule has 10 heteroatoms. The summed E-state index contributed by atoms with van der Waals surface area (Å²) in [7, 11) is -3.97. The van der Waals surface area contributed by atoms with Crippen LogP contribution in [-0.2, 0) is 27.7 Å². The molecule has 0 radical (unpaired) electrons. The summed E-state index contributed by atoms with van der Waals surface area (Å²) >= 11 is 0. The predicted octanol–water partition coefficient (Wildman–Crippen LogP) is 9.67. The van der Waals surface area contributed by atoms with Crippen LogP contribution in [0.2, 0.25) is 0 Å². The minimum Gasteiger partial charge on any atom is -0.366 e. The molecule has 58 heavy (non-hydrogen) atoms. The van der Waals surface area contributed by atoms with E-state index in [9.17, 15) is 14.4 Å². The van der Waals surface area contributed by atoms with Crippen molar-refractivity contribution in [3.8, 4) is 0 Å². The highest BCUT2D eigenvalue weighted by molar-refractivity contribution is 6.75. The molecule has 0 aliphatic carbocycles. The third kappa shape index (κ3) is 7.87. The van der Waals surface area contributed by atoms with Crippen LogP contribution < -0.4 is 5.19 Å². The molecule has 0 N–H and O–H groups in total. The first kappa shape index (κ1) is 48.4. The average molecular weight is 826 g/mol. The van der Waals surface area contributed by atoms with Gasteiger partial charge in [-0.2, -0.15) is 0 Å². The van der Waals surface area contributed by atoms with Gasteiger partial charge in [0.25, 0.3) is 0 Å². The fourth-order valence-electron chi connectivity index (χ4n) is 12.3. The minimum atomic E-state index is -3.97. The molecule has 0 bridgehead atoms. The molecule has 0 saturated carbocycles. The molecule has 3 aliphatic heterocycles. The van der Waals surface area contributed by atoms with Crippen LogP contribution in [0.3, 0.4) is 0 Å². The monoisotopic (exact) mass is 826 g/mol. The Bertz CT molecular complexity index is 1470. The number of likely N-dealkylation sites (tertiary alicyclic amines) is 3. The van der Waals surface area contributed by atoms with Crippen LogP contribution in [0.5, 0.6) is 0 Å². The molecule has 0 spiro atoms. The molecular formula is C48H83N3O6Si. The molecule has 0 aromatic heterocycles. The zero-order valence-electron chi connectivity index (χ0n) is 40.0.